The molecule has 5 nitrogen and oxygen atoms in total. The summed E-state index contributed by atoms with van der Waals surface area (Å²) >= 11 is 12.1. The number of hydrogen-bond acceptors (Lipinski definition) is 3. The van der Waals surface area contributed by atoms with E-state index in [4.69, 9.17) is 23.2 Å². The molecular weight excluding hydrogens is 467 g/mol. The number of halogens is 2. The van der Waals surface area contributed by atoms with Gasteiger partial charge in [-0.1, -0.05) is 65.7 Å². The predicted molar refractivity (Wildman–Crippen MR) is 126 cm³/mol. The number of fused-ring (bicyclic) bond motifs is 1. The van der Waals surface area contributed by atoms with Crippen LogP contribution in [-0.4, -0.2) is 25.2 Å². The summed E-state index contributed by atoms with van der Waals surface area (Å²) in [6.07, 6.45) is 0.592. The van der Waals surface area contributed by atoms with Crippen LogP contribution in [0.15, 0.2) is 77.7 Å². The first-order valence-corrected chi connectivity index (χ1v) is 12.4. The van der Waals surface area contributed by atoms with Gasteiger partial charge in [-0.15, -0.1) is 0 Å². The summed E-state index contributed by atoms with van der Waals surface area (Å²) in [6, 6.07) is 20.4. The van der Waals surface area contributed by atoms with Gasteiger partial charge in [0, 0.05) is 29.6 Å². The van der Waals surface area contributed by atoms with Crippen molar-refractivity contribution in [2.75, 3.05) is 6.54 Å². The minimum Gasteiger partial charge on any atom is -0.352 e. The maximum absolute atomic E-state index is 13.5. The second-order valence-corrected chi connectivity index (χ2v) is 10.3. The number of rotatable bonds is 6. The number of carbonyl (C=O) groups is 1. The zero-order valence-electron chi connectivity index (χ0n) is 17.2. The van der Waals surface area contributed by atoms with Gasteiger partial charge in [0.2, 0.25) is 15.9 Å². The van der Waals surface area contributed by atoms with Gasteiger partial charge in [-0.25, -0.2) is 8.42 Å². The normalized spacial score (nSPS) is 16.4. The van der Waals surface area contributed by atoms with Crippen molar-refractivity contribution < 1.29 is 13.2 Å². The average Bonchev–Trinajstić information content (AvgIpc) is 2.79. The molecule has 0 bridgehead atoms. The summed E-state index contributed by atoms with van der Waals surface area (Å²) in [5, 5.41) is 3.91. The van der Waals surface area contributed by atoms with Crippen molar-refractivity contribution >= 4 is 39.1 Å². The second-order valence-electron chi connectivity index (χ2n) is 7.61. The van der Waals surface area contributed by atoms with Crippen molar-refractivity contribution in [3.8, 4) is 0 Å². The Kier molecular flexibility index (Phi) is 6.86. The molecule has 0 spiro atoms. The van der Waals surface area contributed by atoms with Crippen LogP contribution in [-0.2, 0) is 27.8 Å². The Labute approximate surface area is 198 Å². The molecule has 3 aromatic carbocycles. The quantitative estimate of drug-likeness (QED) is 0.531. The topological polar surface area (TPSA) is 66.5 Å². The van der Waals surface area contributed by atoms with Crippen LogP contribution in [0.1, 0.15) is 29.2 Å². The van der Waals surface area contributed by atoms with Gasteiger partial charge in [-0.05, 0) is 53.4 Å². The molecular formula is C24H22Cl2N2O3S. The summed E-state index contributed by atoms with van der Waals surface area (Å²) in [4.78, 5) is 13.0. The Balaban J connectivity index is 1.60. The summed E-state index contributed by atoms with van der Waals surface area (Å²) < 4.78 is 28.3. The van der Waals surface area contributed by atoms with E-state index in [1.165, 1.54) is 16.4 Å². The van der Waals surface area contributed by atoms with Crippen LogP contribution in [0.4, 0.5) is 0 Å². The van der Waals surface area contributed by atoms with Gasteiger partial charge in [0.05, 0.1) is 10.9 Å². The number of benzene rings is 3. The monoisotopic (exact) mass is 488 g/mol. The number of carbonyl (C=O) groups excluding carboxylic acids is 1. The maximum atomic E-state index is 13.5. The van der Waals surface area contributed by atoms with E-state index in [1.807, 2.05) is 42.5 Å². The Morgan fingerprint density at radius 1 is 0.969 bits per heavy atom. The van der Waals surface area contributed by atoms with Gasteiger partial charge in [-0.3, -0.25) is 4.79 Å². The molecule has 3 aromatic rings. The number of sulfonamides is 1. The first-order valence-electron chi connectivity index (χ1n) is 10.2. The highest BCUT2D eigenvalue weighted by Gasteiger charge is 2.37. The lowest BCUT2D eigenvalue weighted by Gasteiger charge is -2.36. The third-order valence-corrected chi connectivity index (χ3v) is 8.14. The van der Waals surface area contributed by atoms with E-state index in [0.717, 1.165) is 16.7 Å². The smallest absolute Gasteiger partial charge is 0.243 e. The van der Waals surface area contributed by atoms with E-state index in [9.17, 15) is 13.2 Å². The van der Waals surface area contributed by atoms with Gasteiger partial charge in [0.25, 0.3) is 0 Å². The Bertz CT molecular complexity index is 1230. The van der Waals surface area contributed by atoms with Crippen LogP contribution in [0.2, 0.25) is 10.0 Å². The maximum Gasteiger partial charge on any atom is 0.243 e. The van der Waals surface area contributed by atoms with Gasteiger partial charge in [-0.2, -0.15) is 4.31 Å². The lowest BCUT2D eigenvalue weighted by molar-refractivity contribution is -0.122. The molecule has 0 aromatic heterocycles. The zero-order valence-corrected chi connectivity index (χ0v) is 19.5. The van der Waals surface area contributed by atoms with Crippen molar-refractivity contribution in [3.63, 3.8) is 0 Å². The molecule has 0 saturated carbocycles. The van der Waals surface area contributed by atoms with Crippen LogP contribution in [0.25, 0.3) is 0 Å². The highest BCUT2D eigenvalue weighted by molar-refractivity contribution is 7.89. The van der Waals surface area contributed by atoms with Gasteiger partial charge in [0.1, 0.15) is 0 Å². The lowest BCUT2D eigenvalue weighted by atomic mass is 9.92. The van der Waals surface area contributed by atoms with Crippen molar-refractivity contribution in [1.29, 1.82) is 0 Å². The molecule has 1 aliphatic rings. The first-order chi connectivity index (χ1) is 15.4. The average molecular weight is 489 g/mol. The number of hydrogen-bond donors (Lipinski definition) is 1. The van der Waals surface area contributed by atoms with E-state index in [-0.39, 0.29) is 23.8 Å². The minimum absolute atomic E-state index is 0.00822. The summed E-state index contributed by atoms with van der Waals surface area (Å²) in [5.41, 5.74) is 2.71. The van der Waals surface area contributed by atoms with Crippen LogP contribution in [0.3, 0.4) is 0 Å². The third-order valence-electron chi connectivity index (χ3n) is 5.60. The number of nitrogens with one attached hydrogen (secondary N) is 1. The molecule has 0 fully saturated rings. The lowest BCUT2D eigenvalue weighted by Crippen LogP contribution is -2.42. The number of amides is 1. The zero-order chi connectivity index (χ0) is 22.7. The largest absolute Gasteiger partial charge is 0.352 e. The molecule has 8 heteroatoms. The van der Waals surface area contributed by atoms with Crippen LogP contribution >= 0.6 is 23.2 Å². The molecule has 1 unspecified atom stereocenters. The fraction of sp³-hybridized carbons (Fsp3) is 0.208. The predicted octanol–water partition coefficient (Wildman–Crippen LogP) is 4.99. The summed E-state index contributed by atoms with van der Waals surface area (Å²) in [5.74, 6) is -0.247. The van der Waals surface area contributed by atoms with Crippen LogP contribution in [0.5, 0.6) is 0 Å². The molecule has 166 valence electrons. The van der Waals surface area contributed by atoms with E-state index in [1.54, 1.807) is 18.2 Å². The van der Waals surface area contributed by atoms with Crippen molar-refractivity contribution in [3.05, 3.63) is 99.5 Å². The standard InChI is InChI=1S/C24H22Cl2N2O3S/c25-19-9-11-20(12-10-19)32(30,31)28-14-13-17-5-1-3-7-21(17)23(28)15-24(29)27-16-18-6-2-4-8-22(18)26/h1-12,23H,13-16H2,(H,27,29). The molecule has 0 saturated heterocycles. The summed E-state index contributed by atoms with van der Waals surface area (Å²) in [7, 11) is -3.82. The van der Waals surface area contributed by atoms with Crippen molar-refractivity contribution in [1.82, 2.24) is 9.62 Å². The Morgan fingerprint density at radius 2 is 1.66 bits per heavy atom. The molecule has 1 aliphatic heterocycles. The fourth-order valence-corrected chi connectivity index (χ4v) is 5.89. The fourth-order valence-electron chi connectivity index (χ4n) is 3.95. The van der Waals surface area contributed by atoms with E-state index in [2.05, 4.69) is 5.32 Å². The molecule has 0 aliphatic carbocycles. The molecule has 1 atom stereocenters. The second kappa shape index (κ2) is 9.63. The van der Waals surface area contributed by atoms with Crippen LogP contribution in [0, 0.1) is 0 Å². The van der Waals surface area contributed by atoms with E-state index >= 15 is 0 Å². The molecule has 4 rings (SSSR count). The number of nitrogens with zero attached hydrogens (tertiary/aromatic N) is 1. The first kappa shape index (κ1) is 22.8. The Morgan fingerprint density at radius 3 is 2.41 bits per heavy atom. The molecule has 32 heavy (non-hydrogen) atoms. The Hall–Kier alpha value is -2.38. The van der Waals surface area contributed by atoms with Crippen LogP contribution < -0.4 is 5.32 Å². The highest BCUT2D eigenvalue weighted by atomic mass is 35.5. The summed E-state index contributed by atoms with van der Waals surface area (Å²) in [6.45, 7) is 0.571. The molecule has 1 N–H and O–H groups in total. The van der Waals surface area contributed by atoms with Crippen molar-refractivity contribution in [2.45, 2.75) is 30.3 Å². The van der Waals surface area contributed by atoms with Gasteiger partial charge < -0.3 is 5.32 Å². The van der Waals surface area contributed by atoms with E-state index < -0.39 is 16.1 Å². The minimum atomic E-state index is -3.82. The highest BCUT2D eigenvalue weighted by Crippen LogP contribution is 2.36. The third kappa shape index (κ3) is 4.84. The molecule has 0 radical (unpaired) electrons. The van der Waals surface area contributed by atoms with E-state index in [0.29, 0.717) is 23.0 Å². The van der Waals surface area contributed by atoms with Gasteiger partial charge >= 0.3 is 0 Å². The van der Waals surface area contributed by atoms with Gasteiger partial charge in [0.15, 0.2) is 0 Å². The molecule has 1 heterocycles. The van der Waals surface area contributed by atoms with Crippen molar-refractivity contribution in [2.24, 2.45) is 0 Å². The molecule has 1 amide bonds. The SMILES string of the molecule is O=C(CC1c2ccccc2CCN1S(=O)(=O)c1ccc(Cl)cc1)NCc1ccccc1Cl.